The van der Waals surface area contributed by atoms with Crippen LogP contribution in [0.2, 0.25) is 0 Å². The first kappa shape index (κ1) is 21.9. The number of benzene rings is 2. The molecule has 0 amide bonds. The fourth-order valence-corrected chi connectivity index (χ4v) is 2.22. The van der Waals surface area contributed by atoms with Crippen molar-refractivity contribution in [1.82, 2.24) is 0 Å². The third-order valence-electron chi connectivity index (χ3n) is 3.47. The number of halogens is 1. The van der Waals surface area contributed by atoms with Gasteiger partial charge in [0.05, 0.1) is 33.1 Å². The van der Waals surface area contributed by atoms with Gasteiger partial charge >= 0.3 is 0 Å². The van der Waals surface area contributed by atoms with Crippen LogP contribution in [0.25, 0.3) is 0 Å². The lowest BCUT2D eigenvalue weighted by Crippen LogP contribution is -2.23. The van der Waals surface area contributed by atoms with Gasteiger partial charge in [-0.3, -0.25) is 0 Å². The fraction of sp³-hybridized carbons (Fsp3) is 0.316. The van der Waals surface area contributed by atoms with E-state index in [-0.39, 0.29) is 24.0 Å². The van der Waals surface area contributed by atoms with Crippen LogP contribution in [0.4, 0.5) is 5.69 Å². The highest BCUT2D eigenvalue weighted by Gasteiger charge is 2.06. The topological polar surface area (TPSA) is 78.1 Å². The first-order valence-electron chi connectivity index (χ1n) is 8.17. The Morgan fingerprint density at radius 1 is 1.08 bits per heavy atom. The maximum atomic E-state index is 6.00. The van der Waals surface area contributed by atoms with Crippen LogP contribution in [0, 0.1) is 0 Å². The summed E-state index contributed by atoms with van der Waals surface area (Å²) in [5, 5.41) is 3.05. The van der Waals surface area contributed by atoms with Gasteiger partial charge in [0.2, 0.25) is 0 Å². The van der Waals surface area contributed by atoms with Crippen molar-refractivity contribution in [3.63, 3.8) is 0 Å². The summed E-state index contributed by atoms with van der Waals surface area (Å²) in [5.41, 5.74) is 7.72. The first-order chi connectivity index (χ1) is 12.2. The third-order valence-corrected chi connectivity index (χ3v) is 3.47. The average Bonchev–Trinajstić information content (AvgIpc) is 2.65. The molecule has 2 aromatic rings. The molecular formula is C19H26IN3O3. The zero-order valence-electron chi connectivity index (χ0n) is 15.3. The van der Waals surface area contributed by atoms with Gasteiger partial charge in [-0.15, -0.1) is 24.0 Å². The van der Waals surface area contributed by atoms with Gasteiger partial charge in [-0.25, -0.2) is 4.99 Å². The van der Waals surface area contributed by atoms with Gasteiger partial charge in [-0.05, 0) is 36.2 Å². The molecule has 0 heterocycles. The highest BCUT2D eigenvalue weighted by molar-refractivity contribution is 14.0. The standard InChI is InChI=1S/C19H25N3O3.HI/c1-4-10-25-16-7-5-6-14(11-16)13-21-19(20)22-17-12-15(23-2)8-9-18(17)24-3;/h5-9,11-12H,4,10,13H2,1-3H3,(H3,20,21,22);1H. The van der Waals surface area contributed by atoms with E-state index in [1.807, 2.05) is 36.4 Å². The van der Waals surface area contributed by atoms with Crippen molar-refractivity contribution >= 4 is 35.6 Å². The number of hydrogen-bond donors (Lipinski definition) is 2. The zero-order valence-corrected chi connectivity index (χ0v) is 17.7. The lowest BCUT2D eigenvalue weighted by atomic mass is 10.2. The molecule has 0 unspecified atom stereocenters. The van der Waals surface area contributed by atoms with Crippen LogP contribution in [0.5, 0.6) is 17.2 Å². The van der Waals surface area contributed by atoms with Crippen LogP contribution in [0.3, 0.4) is 0 Å². The Labute approximate surface area is 171 Å². The monoisotopic (exact) mass is 471 g/mol. The summed E-state index contributed by atoms with van der Waals surface area (Å²) >= 11 is 0. The molecule has 0 saturated heterocycles. The van der Waals surface area contributed by atoms with E-state index in [0.717, 1.165) is 17.7 Å². The van der Waals surface area contributed by atoms with Gasteiger partial charge in [0.1, 0.15) is 17.2 Å². The minimum absolute atomic E-state index is 0. The smallest absolute Gasteiger partial charge is 0.193 e. The number of ether oxygens (including phenoxy) is 3. The Morgan fingerprint density at radius 2 is 1.88 bits per heavy atom. The third kappa shape index (κ3) is 6.62. The van der Waals surface area contributed by atoms with Crippen LogP contribution in [-0.4, -0.2) is 26.8 Å². The van der Waals surface area contributed by atoms with Crippen molar-refractivity contribution in [2.24, 2.45) is 10.7 Å². The molecule has 26 heavy (non-hydrogen) atoms. The molecule has 0 fully saturated rings. The van der Waals surface area contributed by atoms with Gasteiger partial charge in [0.25, 0.3) is 0 Å². The van der Waals surface area contributed by atoms with Crippen LogP contribution >= 0.6 is 24.0 Å². The molecular weight excluding hydrogens is 445 g/mol. The summed E-state index contributed by atoms with van der Waals surface area (Å²) in [6.07, 6.45) is 0.974. The van der Waals surface area contributed by atoms with Crippen molar-refractivity contribution in [2.75, 3.05) is 26.1 Å². The van der Waals surface area contributed by atoms with Crippen LogP contribution < -0.4 is 25.3 Å². The summed E-state index contributed by atoms with van der Waals surface area (Å²) in [6, 6.07) is 13.3. The van der Waals surface area contributed by atoms with Crippen molar-refractivity contribution in [2.45, 2.75) is 19.9 Å². The molecule has 0 aromatic heterocycles. The second-order valence-electron chi connectivity index (χ2n) is 5.39. The normalized spacial score (nSPS) is 10.7. The van der Waals surface area contributed by atoms with Gasteiger partial charge in [-0.2, -0.15) is 0 Å². The molecule has 0 radical (unpaired) electrons. The fourth-order valence-electron chi connectivity index (χ4n) is 2.22. The van der Waals surface area contributed by atoms with Gasteiger partial charge in [0.15, 0.2) is 5.96 Å². The van der Waals surface area contributed by atoms with Crippen molar-refractivity contribution in [1.29, 1.82) is 0 Å². The average molecular weight is 471 g/mol. The van der Waals surface area contributed by atoms with E-state index < -0.39 is 0 Å². The molecule has 2 rings (SSSR count). The van der Waals surface area contributed by atoms with Crippen molar-refractivity contribution in [3.05, 3.63) is 48.0 Å². The summed E-state index contributed by atoms with van der Waals surface area (Å²) < 4.78 is 16.2. The van der Waals surface area contributed by atoms with Crippen LogP contribution in [-0.2, 0) is 6.54 Å². The lowest BCUT2D eigenvalue weighted by Gasteiger charge is -2.12. The van der Waals surface area contributed by atoms with E-state index in [0.29, 0.717) is 36.3 Å². The van der Waals surface area contributed by atoms with Gasteiger partial charge in [0, 0.05) is 6.07 Å². The number of aliphatic imine (C=N–C) groups is 1. The second-order valence-corrected chi connectivity index (χ2v) is 5.39. The van der Waals surface area contributed by atoms with Gasteiger partial charge in [-0.1, -0.05) is 19.1 Å². The van der Waals surface area contributed by atoms with E-state index in [1.54, 1.807) is 20.3 Å². The maximum Gasteiger partial charge on any atom is 0.193 e. The number of nitrogens with one attached hydrogen (secondary N) is 1. The van der Waals surface area contributed by atoms with Crippen LogP contribution in [0.1, 0.15) is 18.9 Å². The summed E-state index contributed by atoms with van der Waals surface area (Å²) in [6.45, 7) is 3.23. The summed E-state index contributed by atoms with van der Waals surface area (Å²) in [5.74, 6) is 2.51. The predicted octanol–water partition coefficient (Wildman–Crippen LogP) is 4.04. The molecule has 2 aromatic carbocycles. The molecule has 3 N–H and O–H groups in total. The number of guanidine groups is 1. The zero-order chi connectivity index (χ0) is 18.1. The molecule has 0 spiro atoms. The lowest BCUT2D eigenvalue weighted by molar-refractivity contribution is 0.317. The summed E-state index contributed by atoms with van der Waals surface area (Å²) in [4.78, 5) is 4.37. The summed E-state index contributed by atoms with van der Waals surface area (Å²) in [7, 11) is 3.21. The second kappa shape index (κ2) is 11.5. The molecule has 0 aliphatic heterocycles. The van der Waals surface area contributed by atoms with E-state index in [4.69, 9.17) is 19.9 Å². The van der Waals surface area contributed by atoms with E-state index in [9.17, 15) is 0 Å². The van der Waals surface area contributed by atoms with Crippen LogP contribution in [0.15, 0.2) is 47.5 Å². The number of anilines is 1. The maximum absolute atomic E-state index is 6.00. The number of methoxy groups -OCH3 is 2. The Morgan fingerprint density at radius 3 is 2.58 bits per heavy atom. The highest BCUT2D eigenvalue weighted by atomic mass is 127. The molecule has 0 aliphatic carbocycles. The Hall–Kier alpha value is -2.16. The van der Waals surface area contributed by atoms with Crippen molar-refractivity contribution < 1.29 is 14.2 Å². The van der Waals surface area contributed by atoms with E-state index >= 15 is 0 Å². The molecule has 0 aliphatic rings. The minimum atomic E-state index is 0. The predicted molar refractivity (Wildman–Crippen MR) is 116 cm³/mol. The Kier molecular flexibility index (Phi) is 9.64. The number of hydrogen-bond acceptors (Lipinski definition) is 4. The van der Waals surface area contributed by atoms with E-state index in [2.05, 4.69) is 17.2 Å². The quantitative estimate of drug-likeness (QED) is 0.345. The largest absolute Gasteiger partial charge is 0.497 e. The minimum Gasteiger partial charge on any atom is -0.497 e. The molecule has 6 nitrogen and oxygen atoms in total. The molecule has 0 bridgehead atoms. The van der Waals surface area contributed by atoms with E-state index in [1.165, 1.54) is 0 Å². The number of nitrogens with zero attached hydrogens (tertiary/aromatic N) is 1. The molecule has 0 atom stereocenters. The molecule has 7 heteroatoms. The molecule has 142 valence electrons. The number of nitrogens with two attached hydrogens (primary N) is 1. The SMILES string of the molecule is CCCOc1cccc(CN=C(N)Nc2cc(OC)ccc2OC)c1.I. The Bertz CT molecular complexity index is 723. The highest BCUT2D eigenvalue weighted by Crippen LogP contribution is 2.28. The van der Waals surface area contributed by atoms with Gasteiger partial charge < -0.3 is 25.3 Å². The first-order valence-corrected chi connectivity index (χ1v) is 8.17. The Balaban J connectivity index is 0.00000338. The number of rotatable bonds is 8. The van der Waals surface area contributed by atoms with Crippen molar-refractivity contribution in [3.8, 4) is 17.2 Å². The molecule has 0 saturated carbocycles.